The molecule has 0 radical (unpaired) electrons. The maximum Gasteiger partial charge on any atom is 0.311 e. The van der Waals surface area contributed by atoms with Gasteiger partial charge in [0.2, 0.25) is 5.91 Å². The number of methoxy groups -OCH3 is 2. The average Bonchev–Trinajstić information content (AvgIpc) is 3.67. The van der Waals surface area contributed by atoms with Crippen molar-refractivity contribution in [2.24, 2.45) is 28.8 Å². The third-order valence-corrected chi connectivity index (χ3v) is 14.6. The van der Waals surface area contributed by atoms with E-state index >= 15 is 0 Å². The molecule has 0 aliphatic carbocycles. The van der Waals surface area contributed by atoms with Crippen LogP contribution in [0.3, 0.4) is 0 Å². The first-order chi connectivity index (χ1) is 30.4. The first kappa shape index (κ1) is 52.9. The minimum absolute atomic E-state index is 0.00675. The van der Waals surface area contributed by atoms with Gasteiger partial charge in [0.05, 0.1) is 54.1 Å². The van der Waals surface area contributed by atoms with E-state index < -0.39 is 108 Å². The van der Waals surface area contributed by atoms with Crippen LogP contribution in [0.1, 0.15) is 101 Å². The molecule has 3 saturated heterocycles. The highest BCUT2D eigenvalue weighted by Gasteiger charge is 2.54. The van der Waals surface area contributed by atoms with E-state index in [4.69, 9.17) is 33.2 Å². The SMILES string of the molecule is CC[C@H]1OC(=O)[C@H](C)[C@@H](OC2C[C@@](C)(OC)[C@@H](O)[C@H](C)O2)[C@H](C)[C@@H](OC2OC(C)CC(N(C)C)C2O)[C@](C)(OC)C[C@@H](C)/C(=N\NC(=O)Cc2cc3ccccc3[nH]2)[C@H](C)[C@@H](O)[C@]1(C)O. The number of aromatic nitrogens is 1. The number of aliphatic hydroxyl groups is 4. The summed E-state index contributed by atoms with van der Waals surface area (Å²) in [5, 5.41) is 52.9. The van der Waals surface area contributed by atoms with Crippen molar-refractivity contribution in [1.82, 2.24) is 15.3 Å². The summed E-state index contributed by atoms with van der Waals surface area (Å²) in [5.74, 6) is -4.37. The molecule has 65 heavy (non-hydrogen) atoms. The van der Waals surface area contributed by atoms with Gasteiger partial charge in [0.1, 0.15) is 23.9 Å². The Kier molecular flexibility index (Phi) is 17.5. The molecule has 5 unspecified atom stereocenters. The number of ether oxygens (including phenoxy) is 7. The number of aromatic amines is 1. The van der Waals surface area contributed by atoms with Gasteiger partial charge in [-0.15, -0.1) is 0 Å². The maximum absolute atomic E-state index is 14.6. The highest BCUT2D eigenvalue weighted by atomic mass is 16.7. The number of benzene rings is 1. The molecule has 3 aliphatic heterocycles. The van der Waals surface area contributed by atoms with E-state index in [1.165, 1.54) is 14.0 Å². The molecular formula is C48H78N4O13. The van der Waals surface area contributed by atoms with Crippen LogP contribution in [-0.4, -0.2) is 160 Å². The smallest absolute Gasteiger partial charge is 0.311 e. The number of nitrogens with zero attached hydrogens (tertiary/aromatic N) is 2. The molecule has 3 aliphatic rings. The Hall–Kier alpha value is -3.07. The number of carbonyl (C=O) groups is 2. The fourth-order valence-corrected chi connectivity index (χ4v) is 10.4. The largest absolute Gasteiger partial charge is 0.459 e. The molecule has 17 heteroatoms. The summed E-state index contributed by atoms with van der Waals surface area (Å²) in [6.45, 7) is 17.6. The minimum Gasteiger partial charge on any atom is -0.459 e. The lowest BCUT2D eigenvalue weighted by Crippen LogP contribution is -2.61. The number of rotatable bonds is 11. The van der Waals surface area contributed by atoms with Gasteiger partial charge in [-0.25, -0.2) is 5.43 Å². The molecule has 3 fully saturated rings. The lowest BCUT2D eigenvalue weighted by molar-refractivity contribution is -0.319. The number of H-pyrrole nitrogens is 1. The number of amides is 1. The number of esters is 1. The van der Waals surface area contributed by atoms with Crippen LogP contribution in [0.15, 0.2) is 35.4 Å². The van der Waals surface area contributed by atoms with Crippen LogP contribution in [0.2, 0.25) is 0 Å². The molecule has 1 aromatic heterocycles. The number of hydrazone groups is 1. The van der Waals surface area contributed by atoms with Crippen molar-refractivity contribution in [2.75, 3.05) is 28.3 Å². The Balaban J connectivity index is 1.62. The van der Waals surface area contributed by atoms with Gasteiger partial charge in [-0.2, -0.15) is 5.10 Å². The van der Waals surface area contributed by atoms with E-state index in [1.807, 2.05) is 77.0 Å². The van der Waals surface area contributed by atoms with Crippen LogP contribution in [0.5, 0.6) is 0 Å². The Morgan fingerprint density at radius 3 is 2.22 bits per heavy atom. The Labute approximate surface area is 384 Å². The number of likely N-dealkylation sites (N-methyl/N-ethyl adjacent to an activating group) is 1. The van der Waals surface area contributed by atoms with E-state index in [9.17, 15) is 30.0 Å². The molecular weight excluding hydrogens is 841 g/mol. The number of para-hydroxylation sites is 1. The van der Waals surface area contributed by atoms with Gasteiger partial charge in [-0.05, 0) is 98.3 Å². The summed E-state index contributed by atoms with van der Waals surface area (Å²) in [7, 11) is 6.82. The topological polar surface area (TPSA) is 223 Å². The lowest BCUT2D eigenvalue weighted by atomic mass is 9.73. The zero-order valence-electron chi connectivity index (χ0n) is 40.9. The number of aliphatic hydroxyl groups excluding tert-OH is 3. The predicted molar refractivity (Wildman–Crippen MR) is 244 cm³/mol. The van der Waals surface area contributed by atoms with Gasteiger partial charge in [-0.1, -0.05) is 45.9 Å². The Morgan fingerprint density at radius 1 is 0.938 bits per heavy atom. The molecule has 0 bridgehead atoms. The van der Waals surface area contributed by atoms with Crippen LogP contribution >= 0.6 is 0 Å². The Bertz CT molecular complexity index is 1890. The number of hydrogen-bond acceptors (Lipinski definition) is 15. The van der Waals surface area contributed by atoms with Crippen LogP contribution < -0.4 is 5.43 Å². The van der Waals surface area contributed by atoms with Crippen molar-refractivity contribution >= 4 is 28.5 Å². The summed E-state index contributed by atoms with van der Waals surface area (Å²) in [6, 6.07) is 9.30. The van der Waals surface area contributed by atoms with Gasteiger partial charge < -0.3 is 63.5 Å². The van der Waals surface area contributed by atoms with Crippen molar-refractivity contribution in [2.45, 2.75) is 186 Å². The molecule has 17 nitrogen and oxygen atoms in total. The summed E-state index contributed by atoms with van der Waals surface area (Å²) < 4.78 is 44.9. The highest BCUT2D eigenvalue weighted by molar-refractivity contribution is 5.91. The van der Waals surface area contributed by atoms with Crippen LogP contribution in [0.25, 0.3) is 10.9 Å². The summed E-state index contributed by atoms with van der Waals surface area (Å²) in [4.78, 5) is 33.3. The third kappa shape index (κ3) is 11.6. The van der Waals surface area contributed by atoms with Gasteiger partial charge in [0, 0.05) is 55.4 Å². The summed E-state index contributed by atoms with van der Waals surface area (Å²) in [6.07, 6.45) is -8.96. The minimum atomic E-state index is -1.99. The molecule has 1 amide bonds. The average molecular weight is 919 g/mol. The summed E-state index contributed by atoms with van der Waals surface area (Å²) in [5.41, 5.74) is 0.307. The van der Waals surface area contributed by atoms with Gasteiger partial charge in [0.15, 0.2) is 12.6 Å². The van der Waals surface area contributed by atoms with Crippen molar-refractivity contribution in [1.29, 1.82) is 0 Å². The van der Waals surface area contributed by atoms with Crippen molar-refractivity contribution in [3.05, 3.63) is 36.0 Å². The number of carbonyl (C=O) groups excluding carboxylic acids is 2. The zero-order valence-corrected chi connectivity index (χ0v) is 40.9. The van der Waals surface area contributed by atoms with Gasteiger partial charge in [0.25, 0.3) is 0 Å². The second-order valence-electron chi connectivity index (χ2n) is 19.9. The number of cyclic esters (lactones) is 1. The van der Waals surface area contributed by atoms with E-state index in [0.29, 0.717) is 17.8 Å². The Morgan fingerprint density at radius 2 is 1.60 bits per heavy atom. The quantitative estimate of drug-likeness (QED) is 0.138. The lowest BCUT2D eigenvalue weighted by Gasteiger charge is -2.50. The van der Waals surface area contributed by atoms with Gasteiger partial charge in [-0.3, -0.25) is 9.59 Å². The fourth-order valence-electron chi connectivity index (χ4n) is 10.4. The number of hydrogen-bond donors (Lipinski definition) is 6. The first-order valence-corrected chi connectivity index (χ1v) is 23.2. The monoisotopic (exact) mass is 919 g/mol. The molecule has 368 valence electrons. The van der Waals surface area contributed by atoms with Crippen molar-refractivity contribution in [3.63, 3.8) is 0 Å². The highest BCUT2D eigenvalue weighted by Crippen LogP contribution is 2.42. The number of fused-ring (bicyclic) bond motifs is 1. The molecule has 0 spiro atoms. The molecule has 18 atom stereocenters. The second kappa shape index (κ2) is 21.5. The molecule has 6 N–H and O–H groups in total. The first-order valence-electron chi connectivity index (χ1n) is 23.2. The standard InChI is InChI=1S/C48H78N4O13/c1-15-35-48(10,58)41(55)27(4)38(51-50-36(53)22-32-21-31-18-16-17-19-33(31)49-32)25(2)23-47(9,60-14)43(65-45-39(54)34(52(11)12)20-26(3)61-45)28(5)40(29(6)44(57)63-35)64-37-24-46(8,59-13)42(56)30(7)62-37/h16-19,21,25-30,34-35,37,39-43,45,49,54-56,58H,15,20,22-24H2,1-14H3,(H,50,53)/b51-38+/t25-,26?,27+,28+,29-,30+,34?,35-,37?,39?,40+,41-,42+,43-,45?,46-,47-,48-/m1/s1. The predicted octanol–water partition coefficient (Wildman–Crippen LogP) is 4.07. The molecule has 5 rings (SSSR count). The van der Waals surface area contributed by atoms with E-state index in [2.05, 4.69) is 15.5 Å². The molecule has 2 aromatic rings. The van der Waals surface area contributed by atoms with Crippen molar-refractivity contribution < 1.29 is 63.2 Å². The van der Waals surface area contributed by atoms with E-state index in [0.717, 1.165) is 10.9 Å². The zero-order chi connectivity index (χ0) is 48.3. The fraction of sp³-hybridized carbons (Fsp3) is 0.771. The van der Waals surface area contributed by atoms with E-state index in [1.54, 1.807) is 41.7 Å². The molecule has 0 saturated carbocycles. The molecule has 1 aromatic carbocycles. The summed E-state index contributed by atoms with van der Waals surface area (Å²) >= 11 is 0. The molecule has 4 heterocycles. The van der Waals surface area contributed by atoms with E-state index in [-0.39, 0.29) is 37.8 Å². The normalized spacial score (nSPS) is 42.2. The van der Waals surface area contributed by atoms with Crippen LogP contribution in [0.4, 0.5) is 0 Å². The maximum atomic E-state index is 14.6. The van der Waals surface area contributed by atoms with Crippen LogP contribution in [-0.2, 0) is 49.2 Å². The van der Waals surface area contributed by atoms with Gasteiger partial charge >= 0.3 is 5.97 Å². The van der Waals surface area contributed by atoms with Crippen LogP contribution in [0, 0.1) is 23.7 Å². The third-order valence-electron chi connectivity index (χ3n) is 14.6. The second-order valence-corrected chi connectivity index (χ2v) is 19.9. The number of nitrogens with one attached hydrogen (secondary N) is 2. The van der Waals surface area contributed by atoms with Crippen molar-refractivity contribution in [3.8, 4) is 0 Å².